The van der Waals surface area contributed by atoms with Crippen LogP contribution in [0.4, 0.5) is 0 Å². The first-order valence-corrected chi connectivity index (χ1v) is 9.49. The van der Waals surface area contributed by atoms with Crippen molar-refractivity contribution in [1.82, 2.24) is 0 Å². The van der Waals surface area contributed by atoms with Crippen LogP contribution < -0.4 is 0 Å². The van der Waals surface area contributed by atoms with Gasteiger partial charge in [0.15, 0.2) is 0 Å². The van der Waals surface area contributed by atoms with Crippen molar-refractivity contribution in [2.24, 2.45) is 0 Å². The first kappa shape index (κ1) is 40.5. The van der Waals surface area contributed by atoms with Crippen LogP contribution in [0.3, 0.4) is 0 Å². The van der Waals surface area contributed by atoms with Crippen molar-refractivity contribution in [3.05, 3.63) is 13.2 Å². The van der Waals surface area contributed by atoms with E-state index in [-0.39, 0.29) is 38.1 Å². The Bertz CT molecular complexity index is 228. The standard InChI is InChI=1S/C18H36O2.C2H4.3H2O.Ti/c1-2-3-4-5-6-7-8-9-10-11-12-13-14-15-16-17-18(19)20;1-2;;;;/h2-17H2,1H3,(H,19,20);1-2H2;3*1H2;. The Hall–Kier alpha value is -0.196. The molecule has 0 aromatic heterocycles. The van der Waals surface area contributed by atoms with Crippen LogP contribution in [0.25, 0.3) is 0 Å². The van der Waals surface area contributed by atoms with Crippen LogP contribution in [0, 0.1) is 0 Å². The summed E-state index contributed by atoms with van der Waals surface area (Å²) < 4.78 is 0. The smallest absolute Gasteiger partial charge is 0.303 e. The quantitative estimate of drug-likeness (QED) is 0.224. The van der Waals surface area contributed by atoms with E-state index in [1.807, 2.05) is 0 Å². The van der Waals surface area contributed by atoms with Gasteiger partial charge < -0.3 is 21.5 Å². The largest absolute Gasteiger partial charge is 0.481 e. The molecule has 160 valence electrons. The van der Waals surface area contributed by atoms with Gasteiger partial charge in [0.25, 0.3) is 0 Å². The summed E-state index contributed by atoms with van der Waals surface area (Å²) in [4.78, 5) is 10.3. The molecular formula is C20H46O5Ti. The van der Waals surface area contributed by atoms with Crippen molar-refractivity contribution in [2.75, 3.05) is 0 Å². The van der Waals surface area contributed by atoms with Crippen molar-refractivity contribution in [3.63, 3.8) is 0 Å². The maximum absolute atomic E-state index is 10.3. The molecule has 7 N–H and O–H groups in total. The van der Waals surface area contributed by atoms with E-state index in [0.29, 0.717) is 6.42 Å². The van der Waals surface area contributed by atoms with E-state index in [4.69, 9.17) is 5.11 Å². The van der Waals surface area contributed by atoms with Gasteiger partial charge in [0.1, 0.15) is 0 Å². The van der Waals surface area contributed by atoms with Gasteiger partial charge in [0.2, 0.25) is 0 Å². The summed E-state index contributed by atoms with van der Waals surface area (Å²) in [7, 11) is 0. The summed E-state index contributed by atoms with van der Waals surface area (Å²) in [6.07, 6.45) is 20.2. The number of carbonyl (C=O) groups is 1. The van der Waals surface area contributed by atoms with Crippen LogP contribution in [-0.4, -0.2) is 27.5 Å². The van der Waals surface area contributed by atoms with Gasteiger partial charge in [-0.15, -0.1) is 13.2 Å². The molecular weight excluding hydrogens is 368 g/mol. The number of carboxylic acids is 1. The monoisotopic (exact) mass is 414 g/mol. The number of carboxylic acid groups (broad SMARTS) is 1. The van der Waals surface area contributed by atoms with Crippen molar-refractivity contribution < 1.29 is 48.0 Å². The van der Waals surface area contributed by atoms with E-state index in [9.17, 15) is 4.79 Å². The molecule has 0 bridgehead atoms. The molecule has 0 radical (unpaired) electrons. The minimum atomic E-state index is -0.653. The molecule has 0 heterocycles. The average Bonchev–Trinajstić information content (AvgIpc) is 2.53. The van der Waals surface area contributed by atoms with Crippen LogP contribution in [0.5, 0.6) is 0 Å². The first-order chi connectivity index (χ1) is 10.8. The van der Waals surface area contributed by atoms with E-state index in [0.717, 1.165) is 12.8 Å². The molecule has 0 unspecified atom stereocenters. The minimum absolute atomic E-state index is 0. The molecule has 6 heteroatoms. The third kappa shape index (κ3) is 43.8. The summed E-state index contributed by atoms with van der Waals surface area (Å²) >= 11 is 0. The van der Waals surface area contributed by atoms with Gasteiger partial charge in [0.05, 0.1) is 0 Å². The first-order valence-electron chi connectivity index (χ1n) is 9.49. The van der Waals surface area contributed by atoms with Gasteiger partial charge in [-0.3, -0.25) is 4.79 Å². The summed E-state index contributed by atoms with van der Waals surface area (Å²) in [5, 5.41) is 8.52. The molecule has 5 nitrogen and oxygen atoms in total. The van der Waals surface area contributed by atoms with Crippen LogP contribution >= 0.6 is 0 Å². The molecule has 0 saturated heterocycles. The number of hydrogen-bond acceptors (Lipinski definition) is 1. The number of hydrogen-bond donors (Lipinski definition) is 1. The van der Waals surface area contributed by atoms with Crippen molar-refractivity contribution in [3.8, 4) is 0 Å². The second kappa shape index (κ2) is 39.7. The maximum Gasteiger partial charge on any atom is 0.303 e. The number of aliphatic carboxylic acids is 1. The third-order valence-electron chi connectivity index (χ3n) is 3.99. The Kier molecular flexibility index (Phi) is 61.9. The molecule has 0 fully saturated rings. The zero-order valence-corrected chi connectivity index (χ0v) is 18.6. The zero-order valence-electron chi connectivity index (χ0n) is 17.1. The Morgan fingerprint density at radius 3 is 1.08 bits per heavy atom. The Morgan fingerprint density at radius 2 is 0.846 bits per heavy atom. The molecule has 0 atom stereocenters. The van der Waals surface area contributed by atoms with Crippen LogP contribution in [0.2, 0.25) is 0 Å². The summed E-state index contributed by atoms with van der Waals surface area (Å²) in [5.74, 6) is -0.653. The Morgan fingerprint density at radius 1 is 0.615 bits per heavy atom. The Labute approximate surface area is 176 Å². The Balaban J connectivity index is -0.000000160. The molecule has 0 aliphatic heterocycles. The fraction of sp³-hybridized carbons (Fsp3) is 0.850. The number of unbranched alkanes of at least 4 members (excludes halogenated alkanes) is 14. The minimum Gasteiger partial charge on any atom is -0.481 e. The summed E-state index contributed by atoms with van der Waals surface area (Å²) in [6.45, 7) is 8.27. The normalized spacial score (nSPS) is 8.50. The van der Waals surface area contributed by atoms with Crippen LogP contribution in [0.15, 0.2) is 13.2 Å². The van der Waals surface area contributed by atoms with Crippen LogP contribution in [-0.2, 0) is 26.5 Å². The molecule has 0 aromatic carbocycles. The van der Waals surface area contributed by atoms with Gasteiger partial charge in [-0.2, -0.15) is 0 Å². The second-order valence-electron chi connectivity index (χ2n) is 6.09. The molecule has 0 saturated carbocycles. The molecule has 0 spiro atoms. The van der Waals surface area contributed by atoms with E-state index < -0.39 is 5.97 Å². The van der Waals surface area contributed by atoms with Crippen LogP contribution in [0.1, 0.15) is 110 Å². The predicted octanol–water partition coefficient (Wildman–Crippen LogP) is 4.66. The van der Waals surface area contributed by atoms with Gasteiger partial charge in [-0.25, -0.2) is 0 Å². The fourth-order valence-electron chi connectivity index (χ4n) is 2.65. The van der Waals surface area contributed by atoms with E-state index in [2.05, 4.69) is 20.1 Å². The van der Waals surface area contributed by atoms with Gasteiger partial charge in [-0.1, -0.05) is 96.8 Å². The maximum atomic E-state index is 10.3. The molecule has 0 rings (SSSR count). The average molecular weight is 414 g/mol. The number of rotatable bonds is 16. The topological polar surface area (TPSA) is 132 Å². The second-order valence-corrected chi connectivity index (χ2v) is 6.09. The van der Waals surface area contributed by atoms with Gasteiger partial charge in [-0.05, 0) is 6.42 Å². The predicted molar refractivity (Wildman–Crippen MR) is 109 cm³/mol. The fourth-order valence-corrected chi connectivity index (χ4v) is 2.65. The molecule has 0 aliphatic rings. The van der Waals surface area contributed by atoms with E-state index in [1.165, 1.54) is 83.5 Å². The van der Waals surface area contributed by atoms with Gasteiger partial charge >= 0.3 is 5.97 Å². The van der Waals surface area contributed by atoms with E-state index >= 15 is 0 Å². The summed E-state index contributed by atoms with van der Waals surface area (Å²) in [6, 6.07) is 0. The molecule has 0 aromatic rings. The SMILES string of the molecule is C=C.CCCCCCCCCCCCCCCCCC(=O)O.O.O.O.[Ti]. The van der Waals surface area contributed by atoms with Crippen molar-refractivity contribution in [1.29, 1.82) is 0 Å². The molecule has 0 aliphatic carbocycles. The van der Waals surface area contributed by atoms with E-state index in [1.54, 1.807) is 0 Å². The molecule has 0 amide bonds. The van der Waals surface area contributed by atoms with Crippen molar-refractivity contribution in [2.45, 2.75) is 110 Å². The molecule has 26 heavy (non-hydrogen) atoms. The third-order valence-corrected chi connectivity index (χ3v) is 3.99. The summed E-state index contributed by atoms with van der Waals surface area (Å²) in [5.41, 5.74) is 0. The van der Waals surface area contributed by atoms with Gasteiger partial charge in [0, 0.05) is 28.1 Å². The van der Waals surface area contributed by atoms with Crippen molar-refractivity contribution >= 4 is 5.97 Å². The zero-order chi connectivity index (χ0) is 16.9.